The lowest BCUT2D eigenvalue weighted by atomic mass is 10.4. The van der Waals surface area contributed by atoms with Gasteiger partial charge in [-0.1, -0.05) is 0 Å². The molecule has 0 unspecified atom stereocenters. The lowest BCUT2D eigenvalue weighted by Crippen LogP contribution is -2.42. The summed E-state index contributed by atoms with van der Waals surface area (Å²) >= 11 is 1.66. The third-order valence-electron chi connectivity index (χ3n) is 2.57. The lowest BCUT2D eigenvalue weighted by molar-refractivity contribution is 0.479. The van der Waals surface area contributed by atoms with Crippen LogP contribution in [0.3, 0.4) is 0 Å². The van der Waals surface area contributed by atoms with Crippen LogP contribution in [-0.4, -0.2) is 28.9 Å². The quantitative estimate of drug-likeness (QED) is 0.355. The van der Waals surface area contributed by atoms with Crippen molar-refractivity contribution in [3.63, 3.8) is 0 Å². The Balaban J connectivity index is 2.00. The van der Waals surface area contributed by atoms with Crippen molar-refractivity contribution in [3.05, 3.63) is 16.1 Å². The summed E-state index contributed by atoms with van der Waals surface area (Å²) in [5.74, 6) is 6.24. The monoisotopic (exact) mass is 239 g/mol. The highest BCUT2D eigenvalue weighted by atomic mass is 32.1. The minimum atomic E-state index is 0.469. The molecule has 0 aromatic carbocycles. The number of rotatable bonds is 3. The number of aromatic nitrogens is 1. The molecular weight excluding hydrogens is 222 g/mol. The van der Waals surface area contributed by atoms with Gasteiger partial charge < -0.3 is 4.90 Å². The fraction of sp³-hybridized carbons (Fsp3) is 0.600. The summed E-state index contributed by atoms with van der Waals surface area (Å²) in [6.07, 6.45) is 2.36. The molecule has 1 heterocycles. The van der Waals surface area contributed by atoms with Crippen LogP contribution in [-0.2, 0) is 6.54 Å². The van der Waals surface area contributed by atoms with Crippen molar-refractivity contribution in [2.75, 3.05) is 7.05 Å². The van der Waals surface area contributed by atoms with E-state index in [0.717, 1.165) is 18.2 Å². The van der Waals surface area contributed by atoms with E-state index < -0.39 is 0 Å². The SMILES string of the molecule is Cc1ncsc1CN(C)C(=NC1CC1)NN. The maximum atomic E-state index is 5.48. The van der Waals surface area contributed by atoms with Gasteiger partial charge in [0.05, 0.1) is 23.8 Å². The number of hydrogen-bond acceptors (Lipinski definition) is 4. The minimum absolute atomic E-state index is 0.469. The van der Waals surface area contributed by atoms with Crippen LogP contribution in [0.2, 0.25) is 0 Å². The van der Waals surface area contributed by atoms with Crippen molar-refractivity contribution in [1.82, 2.24) is 15.3 Å². The Morgan fingerprint density at radius 2 is 2.50 bits per heavy atom. The Morgan fingerprint density at radius 1 is 1.75 bits per heavy atom. The molecule has 1 saturated carbocycles. The predicted octanol–water partition coefficient (Wildman–Crippen LogP) is 0.865. The van der Waals surface area contributed by atoms with E-state index in [2.05, 4.69) is 15.4 Å². The summed E-state index contributed by atoms with van der Waals surface area (Å²) in [6.45, 7) is 2.82. The zero-order chi connectivity index (χ0) is 11.5. The third kappa shape index (κ3) is 2.70. The first kappa shape index (κ1) is 11.3. The van der Waals surface area contributed by atoms with Gasteiger partial charge in [0.25, 0.3) is 0 Å². The van der Waals surface area contributed by atoms with E-state index in [4.69, 9.17) is 5.84 Å². The van der Waals surface area contributed by atoms with Gasteiger partial charge >= 0.3 is 0 Å². The van der Waals surface area contributed by atoms with Crippen molar-refractivity contribution >= 4 is 17.3 Å². The van der Waals surface area contributed by atoms with Gasteiger partial charge in [-0.2, -0.15) is 0 Å². The van der Waals surface area contributed by atoms with Crippen molar-refractivity contribution < 1.29 is 0 Å². The number of aryl methyl sites for hydroxylation is 1. The van der Waals surface area contributed by atoms with Crippen LogP contribution in [0.1, 0.15) is 23.4 Å². The zero-order valence-corrected chi connectivity index (χ0v) is 10.4. The molecule has 0 spiro atoms. The van der Waals surface area contributed by atoms with Crippen LogP contribution in [0, 0.1) is 6.92 Å². The van der Waals surface area contributed by atoms with Crippen LogP contribution in [0.4, 0.5) is 0 Å². The summed E-state index contributed by atoms with van der Waals surface area (Å²) in [5, 5.41) is 0. The number of aliphatic imine (C=N–C) groups is 1. The molecule has 0 amide bonds. The van der Waals surface area contributed by atoms with Gasteiger partial charge in [-0.15, -0.1) is 11.3 Å². The second-order valence-corrected chi connectivity index (χ2v) is 4.98. The number of guanidine groups is 1. The minimum Gasteiger partial charge on any atom is -0.340 e. The average molecular weight is 239 g/mol. The normalized spacial score (nSPS) is 16.3. The van der Waals surface area contributed by atoms with E-state index in [1.807, 2.05) is 24.4 Å². The Morgan fingerprint density at radius 3 is 3.00 bits per heavy atom. The maximum Gasteiger partial charge on any atom is 0.208 e. The van der Waals surface area contributed by atoms with Gasteiger partial charge in [0, 0.05) is 11.9 Å². The Kier molecular flexibility index (Phi) is 3.40. The zero-order valence-electron chi connectivity index (χ0n) is 9.60. The Labute approximate surface area is 99.4 Å². The molecule has 16 heavy (non-hydrogen) atoms. The molecule has 0 aliphatic heterocycles. The molecule has 0 radical (unpaired) electrons. The standard InChI is InChI=1S/C10H17N5S/c1-7-9(16-6-12-7)5-15(2)10(14-11)13-8-3-4-8/h6,8H,3-5,11H2,1-2H3,(H,13,14). The number of nitrogens with zero attached hydrogens (tertiary/aromatic N) is 3. The molecule has 88 valence electrons. The first-order valence-electron chi connectivity index (χ1n) is 5.35. The summed E-state index contributed by atoms with van der Waals surface area (Å²) < 4.78 is 0. The van der Waals surface area contributed by atoms with Crippen LogP contribution in [0.15, 0.2) is 10.5 Å². The van der Waals surface area contributed by atoms with Crippen molar-refractivity contribution in [1.29, 1.82) is 0 Å². The largest absolute Gasteiger partial charge is 0.340 e. The molecule has 1 aliphatic carbocycles. The smallest absolute Gasteiger partial charge is 0.208 e. The van der Waals surface area contributed by atoms with E-state index in [-0.39, 0.29) is 0 Å². The van der Waals surface area contributed by atoms with Crippen molar-refractivity contribution in [2.24, 2.45) is 10.8 Å². The molecule has 5 nitrogen and oxygen atoms in total. The molecule has 1 aromatic heterocycles. The molecule has 0 bridgehead atoms. The number of hydrazine groups is 1. The lowest BCUT2D eigenvalue weighted by Gasteiger charge is -2.20. The van der Waals surface area contributed by atoms with Gasteiger partial charge in [0.2, 0.25) is 5.96 Å². The second-order valence-electron chi connectivity index (χ2n) is 4.05. The summed E-state index contributed by atoms with van der Waals surface area (Å²) in [7, 11) is 1.99. The first-order valence-corrected chi connectivity index (χ1v) is 6.23. The highest BCUT2D eigenvalue weighted by molar-refractivity contribution is 7.09. The molecule has 2 rings (SSSR count). The third-order valence-corrected chi connectivity index (χ3v) is 3.49. The van der Waals surface area contributed by atoms with Crippen LogP contribution in [0.5, 0.6) is 0 Å². The van der Waals surface area contributed by atoms with Crippen LogP contribution < -0.4 is 11.3 Å². The van der Waals surface area contributed by atoms with Crippen molar-refractivity contribution in [3.8, 4) is 0 Å². The Hall–Kier alpha value is -1.14. The van der Waals surface area contributed by atoms with Gasteiger partial charge in [0.15, 0.2) is 0 Å². The number of hydrogen-bond donors (Lipinski definition) is 2. The predicted molar refractivity (Wildman–Crippen MR) is 66.1 cm³/mol. The van der Waals surface area contributed by atoms with Gasteiger partial charge in [-0.25, -0.2) is 15.8 Å². The van der Waals surface area contributed by atoms with E-state index in [1.54, 1.807) is 11.3 Å². The van der Waals surface area contributed by atoms with Crippen LogP contribution in [0.25, 0.3) is 0 Å². The fourth-order valence-corrected chi connectivity index (χ4v) is 2.22. The van der Waals surface area contributed by atoms with Crippen LogP contribution >= 0.6 is 11.3 Å². The highest BCUT2D eigenvalue weighted by Gasteiger charge is 2.22. The second kappa shape index (κ2) is 4.80. The molecule has 1 aliphatic rings. The topological polar surface area (TPSA) is 66.5 Å². The first-order chi connectivity index (χ1) is 7.70. The summed E-state index contributed by atoms with van der Waals surface area (Å²) in [6, 6.07) is 0.469. The average Bonchev–Trinajstić information content (AvgIpc) is 3.00. The maximum absolute atomic E-state index is 5.48. The van der Waals surface area contributed by atoms with Gasteiger partial charge in [-0.3, -0.25) is 5.43 Å². The summed E-state index contributed by atoms with van der Waals surface area (Å²) in [4.78, 5) is 12.0. The molecule has 0 saturated heterocycles. The molecular formula is C10H17N5S. The Bertz CT molecular complexity index is 382. The van der Waals surface area contributed by atoms with E-state index in [9.17, 15) is 0 Å². The molecule has 0 atom stereocenters. The van der Waals surface area contributed by atoms with Gasteiger partial charge in [-0.05, 0) is 19.8 Å². The summed E-state index contributed by atoms with van der Waals surface area (Å²) in [5.41, 5.74) is 5.62. The number of thiazole rings is 1. The highest BCUT2D eigenvalue weighted by Crippen LogP contribution is 2.24. The fourth-order valence-electron chi connectivity index (χ4n) is 1.39. The van der Waals surface area contributed by atoms with Gasteiger partial charge in [0.1, 0.15) is 0 Å². The molecule has 3 N–H and O–H groups in total. The van der Waals surface area contributed by atoms with Crippen molar-refractivity contribution in [2.45, 2.75) is 32.4 Å². The number of nitrogens with one attached hydrogen (secondary N) is 1. The molecule has 6 heteroatoms. The van der Waals surface area contributed by atoms with E-state index in [1.165, 1.54) is 17.7 Å². The van der Waals surface area contributed by atoms with E-state index in [0.29, 0.717) is 6.04 Å². The number of nitrogens with two attached hydrogens (primary N) is 1. The molecule has 1 aromatic rings. The molecule has 1 fully saturated rings. The van der Waals surface area contributed by atoms with E-state index >= 15 is 0 Å².